The van der Waals surface area contributed by atoms with Gasteiger partial charge in [-0.3, -0.25) is 14.9 Å². The van der Waals surface area contributed by atoms with E-state index in [1.807, 2.05) is 6.07 Å². The molecule has 2 heterocycles. The Balaban J connectivity index is 0.000000765. The van der Waals surface area contributed by atoms with Crippen LogP contribution in [-0.2, 0) is 16.1 Å². The summed E-state index contributed by atoms with van der Waals surface area (Å²) >= 11 is 0. The van der Waals surface area contributed by atoms with Crippen LogP contribution in [0.4, 0.5) is 0 Å². The number of aromatic nitrogens is 1. The summed E-state index contributed by atoms with van der Waals surface area (Å²) in [5.74, 6) is 0.777. The third kappa shape index (κ3) is 9.18. The van der Waals surface area contributed by atoms with Crippen LogP contribution in [0.3, 0.4) is 0 Å². The maximum Gasteiger partial charge on any atom is 0.235 e. The van der Waals surface area contributed by atoms with E-state index in [1.54, 1.807) is 0 Å². The van der Waals surface area contributed by atoms with E-state index in [0.717, 1.165) is 18.8 Å². The van der Waals surface area contributed by atoms with Crippen molar-refractivity contribution in [2.24, 2.45) is 11.8 Å². The van der Waals surface area contributed by atoms with E-state index >= 15 is 0 Å². The first kappa shape index (κ1) is 21.6. The molecule has 0 saturated carbocycles. The Morgan fingerprint density at radius 2 is 2.23 bits per heavy atom. The van der Waals surface area contributed by atoms with Crippen LogP contribution in [0.15, 0.2) is 16.9 Å². The van der Waals surface area contributed by atoms with Crippen LogP contribution in [-0.4, -0.2) is 35.9 Å². The van der Waals surface area contributed by atoms with Gasteiger partial charge < -0.3 is 15.1 Å². The number of nitrogens with one attached hydrogen (secondary N) is 3. The standard InChI is InChI=1S/C14H19N5O3.C4H10/c15-7-11(6-10-2-1-3-18-14(10)21)19-12(20)8-16-9-13-17-4-5-22-13;1-4(2)3/h4-5,10-11,16H,1-3,6,8-9H2,(H,18,21)(H,19,20);4H,1-3H3/t10-,11-;/m0./s1. The Kier molecular flexibility index (Phi) is 10.0. The Morgan fingerprint density at radius 3 is 2.81 bits per heavy atom. The molecule has 8 heteroatoms. The number of hydrogen-bond donors (Lipinski definition) is 3. The van der Waals surface area contributed by atoms with E-state index in [-0.39, 0.29) is 24.3 Å². The number of piperidine rings is 1. The molecular formula is C18H29N5O3. The highest BCUT2D eigenvalue weighted by molar-refractivity contribution is 5.80. The Hall–Kier alpha value is -2.40. The number of carbonyl (C=O) groups excluding carboxylic acids is 2. The minimum Gasteiger partial charge on any atom is -0.448 e. The first-order valence-electron chi connectivity index (χ1n) is 8.98. The van der Waals surface area contributed by atoms with Crippen molar-refractivity contribution >= 4 is 11.8 Å². The zero-order chi connectivity index (χ0) is 19.4. The van der Waals surface area contributed by atoms with Crippen molar-refractivity contribution in [1.82, 2.24) is 20.9 Å². The van der Waals surface area contributed by atoms with Crippen LogP contribution in [0.25, 0.3) is 0 Å². The number of rotatable bonds is 7. The van der Waals surface area contributed by atoms with Crippen molar-refractivity contribution in [3.8, 4) is 6.07 Å². The molecule has 2 atom stereocenters. The molecule has 0 spiro atoms. The third-order valence-corrected chi connectivity index (χ3v) is 3.46. The van der Waals surface area contributed by atoms with Crippen LogP contribution < -0.4 is 16.0 Å². The minimum atomic E-state index is -0.662. The molecule has 2 amide bonds. The van der Waals surface area contributed by atoms with E-state index < -0.39 is 6.04 Å². The molecule has 0 radical (unpaired) electrons. The predicted molar refractivity (Wildman–Crippen MR) is 96.6 cm³/mol. The maximum absolute atomic E-state index is 11.8. The van der Waals surface area contributed by atoms with Crippen LogP contribution in [0.1, 0.15) is 45.9 Å². The molecular weight excluding hydrogens is 334 g/mol. The lowest BCUT2D eigenvalue weighted by Crippen LogP contribution is -2.44. The molecule has 1 saturated heterocycles. The quantitative estimate of drug-likeness (QED) is 0.672. The second-order valence-corrected chi connectivity index (χ2v) is 6.88. The molecule has 2 rings (SSSR count). The van der Waals surface area contributed by atoms with Crippen molar-refractivity contribution in [2.75, 3.05) is 13.1 Å². The van der Waals surface area contributed by atoms with Gasteiger partial charge in [-0.25, -0.2) is 4.98 Å². The van der Waals surface area contributed by atoms with Gasteiger partial charge in [-0.1, -0.05) is 20.8 Å². The number of nitriles is 1. The summed E-state index contributed by atoms with van der Waals surface area (Å²) in [6.45, 7) is 7.57. The molecule has 3 N–H and O–H groups in total. The van der Waals surface area contributed by atoms with E-state index in [0.29, 0.717) is 25.4 Å². The lowest BCUT2D eigenvalue weighted by atomic mass is 9.92. The fraction of sp³-hybridized carbons (Fsp3) is 0.667. The van der Waals surface area contributed by atoms with Crippen molar-refractivity contribution in [3.63, 3.8) is 0 Å². The summed E-state index contributed by atoms with van der Waals surface area (Å²) in [4.78, 5) is 27.4. The van der Waals surface area contributed by atoms with Gasteiger partial charge in [-0.2, -0.15) is 5.26 Å². The summed E-state index contributed by atoms with van der Waals surface area (Å²) in [6.07, 6.45) is 4.98. The van der Waals surface area contributed by atoms with Crippen molar-refractivity contribution in [2.45, 2.75) is 52.6 Å². The Morgan fingerprint density at radius 1 is 1.50 bits per heavy atom. The SMILES string of the molecule is CC(C)C.N#C[C@H](C[C@@H]1CCCNC1=O)NC(=O)CNCc1ncco1. The second kappa shape index (κ2) is 12.0. The Bertz CT molecular complexity index is 577. The van der Waals surface area contributed by atoms with Gasteiger partial charge in [0.25, 0.3) is 0 Å². The fourth-order valence-corrected chi connectivity index (χ4v) is 2.36. The molecule has 1 fully saturated rings. The summed E-state index contributed by atoms with van der Waals surface area (Å²) in [7, 11) is 0. The van der Waals surface area contributed by atoms with Gasteiger partial charge in [0, 0.05) is 12.5 Å². The van der Waals surface area contributed by atoms with Crippen LogP contribution in [0.2, 0.25) is 0 Å². The summed E-state index contributed by atoms with van der Waals surface area (Å²) in [5.41, 5.74) is 0. The lowest BCUT2D eigenvalue weighted by Gasteiger charge is -2.23. The van der Waals surface area contributed by atoms with Crippen LogP contribution >= 0.6 is 0 Å². The average molecular weight is 363 g/mol. The van der Waals surface area contributed by atoms with Crippen LogP contribution in [0.5, 0.6) is 0 Å². The van der Waals surface area contributed by atoms with Crippen LogP contribution in [0, 0.1) is 23.2 Å². The molecule has 1 aliphatic rings. The lowest BCUT2D eigenvalue weighted by molar-refractivity contribution is -0.127. The molecule has 0 unspecified atom stereocenters. The minimum absolute atomic E-state index is 0.0391. The number of oxazole rings is 1. The van der Waals surface area contributed by atoms with Crippen molar-refractivity contribution in [1.29, 1.82) is 5.26 Å². The molecule has 144 valence electrons. The molecule has 26 heavy (non-hydrogen) atoms. The zero-order valence-electron chi connectivity index (χ0n) is 15.7. The number of hydrogen-bond acceptors (Lipinski definition) is 6. The van der Waals surface area contributed by atoms with Gasteiger partial charge in [0.15, 0.2) is 0 Å². The third-order valence-electron chi connectivity index (χ3n) is 3.46. The molecule has 0 aromatic carbocycles. The largest absolute Gasteiger partial charge is 0.448 e. The predicted octanol–water partition coefficient (Wildman–Crippen LogP) is 1.35. The molecule has 0 aliphatic carbocycles. The van der Waals surface area contributed by atoms with Gasteiger partial charge in [0.05, 0.1) is 25.4 Å². The molecule has 1 aromatic heterocycles. The smallest absolute Gasteiger partial charge is 0.235 e. The topological polar surface area (TPSA) is 120 Å². The molecule has 1 aromatic rings. The van der Waals surface area contributed by atoms with Crippen molar-refractivity contribution < 1.29 is 14.0 Å². The van der Waals surface area contributed by atoms with E-state index in [9.17, 15) is 9.59 Å². The highest BCUT2D eigenvalue weighted by Crippen LogP contribution is 2.17. The van der Waals surface area contributed by atoms with Gasteiger partial charge in [0.1, 0.15) is 12.3 Å². The average Bonchev–Trinajstić information content (AvgIpc) is 3.09. The first-order valence-corrected chi connectivity index (χ1v) is 8.98. The fourth-order valence-electron chi connectivity index (χ4n) is 2.36. The molecule has 0 bridgehead atoms. The maximum atomic E-state index is 11.8. The van der Waals surface area contributed by atoms with E-state index in [1.165, 1.54) is 12.5 Å². The monoisotopic (exact) mass is 363 g/mol. The normalized spacial score (nSPS) is 17.5. The summed E-state index contributed by atoms with van der Waals surface area (Å²) in [6, 6.07) is 1.37. The second-order valence-electron chi connectivity index (χ2n) is 6.88. The van der Waals surface area contributed by atoms with Gasteiger partial charge >= 0.3 is 0 Å². The number of amides is 2. The number of carbonyl (C=O) groups is 2. The highest BCUT2D eigenvalue weighted by Gasteiger charge is 2.26. The van der Waals surface area contributed by atoms with Gasteiger partial charge in [-0.15, -0.1) is 0 Å². The van der Waals surface area contributed by atoms with E-state index in [4.69, 9.17) is 9.68 Å². The van der Waals surface area contributed by atoms with E-state index in [2.05, 4.69) is 41.7 Å². The Labute approximate surface area is 154 Å². The first-order chi connectivity index (χ1) is 12.4. The van der Waals surface area contributed by atoms with Gasteiger partial charge in [0.2, 0.25) is 17.7 Å². The molecule has 8 nitrogen and oxygen atoms in total. The number of nitrogens with zero attached hydrogens (tertiary/aromatic N) is 2. The zero-order valence-corrected chi connectivity index (χ0v) is 15.7. The highest BCUT2D eigenvalue weighted by atomic mass is 16.3. The summed E-state index contributed by atoms with van der Waals surface area (Å²) < 4.78 is 5.03. The molecule has 1 aliphatic heterocycles. The van der Waals surface area contributed by atoms with Gasteiger partial charge in [-0.05, 0) is 25.2 Å². The van der Waals surface area contributed by atoms with Crippen molar-refractivity contribution in [3.05, 3.63) is 18.4 Å². The summed E-state index contributed by atoms with van der Waals surface area (Å²) in [5, 5.41) is 17.4.